The molecule has 132 valence electrons. The highest BCUT2D eigenvalue weighted by Crippen LogP contribution is 2.13. The van der Waals surface area contributed by atoms with Crippen molar-refractivity contribution < 1.29 is 14.3 Å². The molecule has 6 nitrogen and oxygen atoms in total. The van der Waals surface area contributed by atoms with Gasteiger partial charge in [-0.05, 0) is 33.3 Å². The molecule has 0 unspecified atom stereocenters. The van der Waals surface area contributed by atoms with E-state index in [1.54, 1.807) is 4.90 Å². The smallest absolute Gasteiger partial charge is 0.410 e. The minimum atomic E-state index is -0.540. The molecule has 2 N–H and O–H groups in total. The zero-order valence-corrected chi connectivity index (χ0v) is 14.8. The molecule has 1 heterocycles. The Morgan fingerprint density at radius 1 is 1.29 bits per heavy atom. The Labute approximate surface area is 143 Å². The zero-order valence-electron chi connectivity index (χ0n) is 14.8. The Bertz CT molecular complexity index is 569. The van der Waals surface area contributed by atoms with Crippen LogP contribution in [0.15, 0.2) is 30.3 Å². The van der Waals surface area contributed by atoms with Gasteiger partial charge in [-0.15, -0.1) is 0 Å². The second-order valence-corrected chi connectivity index (χ2v) is 7.07. The standard InChI is InChI=1S/C18H27N3O3/c1-13(14-8-6-5-7-9-14)20-16(22)15-12-21(11-10-19-15)17(23)24-18(2,3)4/h5-9,13,15,19H,10-12H2,1-4H3,(H,20,22)/t13-,15+/m0/s1. The van der Waals surface area contributed by atoms with Crippen molar-refractivity contribution in [3.05, 3.63) is 35.9 Å². The van der Waals surface area contributed by atoms with Gasteiger partial charge < -0.3 is 20.3 Å². The first-order chi connectivity index (χ1) is 11.3. The molecule has 0 aromatic heterocycles. The Morgan fingerprint density at radius 2 is 1.96 bits per heavy atom. The van der Waals surface area contributed by atoms with E-state index in [9.17, 15) is 9.59 Å². The van der Waals surface area contributed by atoms with Gasteiger partial charge >= 0.3 is 6.09 Å². The summed E-state index contributed by atoms with van der Waals surface area (Å²) in [6.45, 7) is 8.85. The average molecular weight is 333 g/mol. The topological polar surface area (TPSA) is 70.7 Å². The molecule has 24 heavy (non-hydrogen) atoms. The van der Waals surface area contributed by atoms with E-state index in [0.29, 0.717) is 19.6 Å². The van der Waals surface area contributed by atoms with Gasteiger partial charge in [0.2, 0.25) is 5.91 Å². The van der Waals surface area contributed by atoms with Crippen LogP contribution in [0.5, 0.6) is 0 Å². The van der Waals surface area contributed by atoms with Crippen LogP contribution in [0.4, 0.5) is 4.79 Å². The number of amides is 2. The van der Waals surface area contributed by atoms with Crippen molar-refractivity contribution in [1.29, 1.82) is 0 Å². The molecule has 1 aliphatic rings. The third-order valence-electron chi connectivity index (χ3n) is 3.80. The second-order valence-electron chi connectivity index (χ2n) is 7.07. The van der Waals surface area contributed by atoms with E-state index < -0.39 is 11.6 Å². The molecular weight excluding hydrogens is 306 g/mol. The first kappa shape index (κ1) is 18.3. The van der Waals surface area contributed by atoms with Crippen molar-refractivity contribution in [2.75, 3.05) is 19.6 Å². The van der Waals surface area contributed by atoms with E-state index in [-0.39, 0.29) is 18.0 Å². The molecule has 2 rings (SSSR count). The highest BCUT2D eigenvalue weighted by Gasteiger charge is 2.31. The first-order valence-corrected chi connectivity index (χ1v) is 8.33. The molecule has 2 atom stereocenters. The molecule has 0 spiro atoms. The Balaban J connectivity index is 1.91. The van der Waals surface area contributed by atoms with Crippen LogP contribution in [-0.2, 0) is 9.53 Å². The van der Waals surface area contributed by atoms with Gasteiger partial charge in [-0.3, -0.25) is 4.79 Å². The predicted molar refractivity (Wildman–Crippen MR) is 92.6 cm³/mol. The summed E-state index contributed by atoms with van der Waals surface area (Å²) in [5, 5.41) is 6.16. The van der Waals surface area contributed by atoms with E-state index in [4.69, 9.17) is 4.74 Å². The van der Waals surface area contributed by atoms with Crippen LogP contribution in [0, 0.1) is 0 Å². The van der Waals surface area contributed by atoms with Crippen molar-refractivity contribution in [2.45, 2.75) is 45.4 Å². The van der Waals surface area contributed by atoms with Gasteiger partial charge in [0.15, 0.2) is 0 Å². The molecule has 0 saturated carbocycles. The highest BCUT2D eigenvalue weighted by atomic mass is 16.6. The lowest BCUT2D eigenvalue weighted by atomic mass is 10.1. The number of hydrogen-bond acceptors (Lipinski definition) is 4. The molecule has 1 fully saturated rings. The van der Waals surface area contributed by atoms with Gasteiger partial charge in [-0.25, -0.2) is 4.79 Å². The summed E-state index contributed by atoms with van der Waals surface area (Å²) in [7, 11) is 0. The summed E-state index contributed by atoms with van der Waals surface area (Å²) in [5.41, 5.74) is 0.507. The number of benzene rings is 1. The molecule has 1 aromatic rings. The van der Waals surface area contributed by atoms with Crippen LogP contribution in [-0.4, -0.2) is 48.2 Å². The minimum Gasteiger partial charge on any atom is -0.444 e. The number of nitrogens with zero attached hydrogens (tertiary/aromatic N) is 1. The minimum absolute atomic E-state index is 0.0857. The van der Waals surface area contributed by atoms with Gasteiger partial charge in [-0.2, -0.15) is 0 Å². The summed E-state index contributed by atoms with van der Waals surface area (Å²) < 4.78 is 5.38. The molecule has 0 radical (unpaired) electrons. The Kier molecular flexibility index (Phi) is 5.83. The summed E-state index contributed by atoms with van der Waals surface area (Å²) in [6.07, 6.45) is -0.377. The molecule has 0 aliphatic carbocycles. The van der Waals surface area contributed by atoms with Crippen molar-refractivity contribution in [3.63, 3.8) is 0 Å². The summed E-state index contributed by atoms with van der Waals surface area (Å²) in [6, 6.07) is 9.27. The molecule has 1 aromatic carbocycles. The monoisotopic (exact) mass is 333 g/mol. The molecule has 6 heteroatoms. The fourth-order valence-electron chi connectivity index (χ4n) is 2.56. The number of piperazine rings is 1. The number of carbonyl (C=O) groups is 2. The lowest BCUT2D eigenvalue weighted by Gasteiger charge is -2.34. The quantitative estimate of drug-likeness (QED) is 0.888. The maximum atomic E-state index is 12.5. The highest BCUT2D eigenvalue weighted by molar-refractivity contribution is 5.83. The zero-order chi connectivity index (χ0) is 17.7. The maximum Gasteiger partial charge on any atom is 0.410 e. The van der Waals surface area contributed by atoms with Crippen LogP contribution in [0.1, 0.15) is 39.3 Å². The maximum absolute atomic E-state index is 12.5. The summed E-state index contributed by atoms with van der Waals surface area (Å²) in [5.74, 6) is -0.111. The normalized spacial score (nSPS) is 19.5. The van der Waals surface area contributed by atoms with Crippen molar-refractivity contribution in [2.24, 2.45) is 0 Å². The van der Waals surface area contributed by atoms with Gasteiger partial charge in [0, 0.05) is 19.6 Å². The lowest BCUT2D eigenvalue weighted by molar-refractivity contribution is -0.124. The largest absolute Gasteiger partial charge is 0.444 e. The van der Waals surface area contributed by atoms with Gasteiger partial charge in [-0.1, -0.05) is 30.3 Å². The summed E-state index contributed by atoms with van der Waals surface area (Å²) in [4.78, 5) is 26.2. The van der Waals surface area contributed by atoms with E-state index in [1.807, 2.05) is 58.0 Å². The van der Waals surface area contributed by atoms with Crippen LogP contribution >= 0.6 is 0 Å². The fraction of sp³-hybridized carbons (Fsp3) is 0.556. The van der Waals surface area contributed by atoms with E-state index in [0.717, 1.165) is 5.56 Å². The Morgan fingerprint density at radius 3 is 2.58 bits per heavy atom. The van der Waals surface area contributed by atoms with E-state index >= 15 is 0 Å². The number of nitrogens with one attached hydrogen (secondary N) is 2. The fourth-order valence-corrected chi connectivity index (χ4v) is 2.56. The lowest BCUT2D eigenvalue weighted by Crippen LogP contribution is -2.59. The Hall–Kier alpha value is -2.08. The van der Waals surface area contributed by atoms with Crippen molar-refractivity contribution in [3.8, 4) is 0 Å². The average Bonchev–Trinajstić information content (AvgIpc) is 2.54. The van der Waals surface area contributed by atoms with Crippen LogP contribution in [0.3, 0.4) is 0 Å². The van der Waals surface area contributed by atoms with Crippen molar-refractivity contribution in [1.82, 2.24) is 15.5 Å². The van der Waals surface area contributed by atoms with Crippen molar-refractivity contribution >= 4 is 12.0 Å². The molecule has 0 bridgehead atoms. The van der Waals surface area contributed by atoms with Gasteiger partial charge in [0.25, 0.3) is 0 Å². The van der Waals surface area contributed by atoms with Crippen LogP contribution in [0.2, 0.25) is 0 Å². The number of carbonyl (C=O) groups excluding carboxylic acids is 2. The van der Waals surface area contributed by atoms with Crippen LogP contribution in [0.25, 0.3) is 0 Å². The second kappa shape index (κ2) is 7.66. The number of rotatable bonds is 3. The third kappa shape index (κ3) is 5.23. The van der Waals surface area contributed by atoms with E-state index in [1.165, 1.54) is 0 Å². The molecule has 2 amide bonds. The van der Waals surface area contributed by atoms with Crippen LogP contribution < -0.4 is 10.6 Å². The SMILES string of the molecule is C[C@H](NC(=O)[C@H]1CN(C(=O)OC(C)(C)C)CCN1)c1ccccc1. The molecule has 1 aliphatic heterocycles. The first-order valence-electron chi connectivity index (χ1n) is 8.33. The third-order valence-corrected chi connectivity index (χ3v) is 3.80. The number of hydrogen-bond donors (Lipinski definition) is 2. The molecule has 1 saturated heterocycles. The summed E-state index contributed by atoms with van der Waals surface area (Å²) >= 11 is 0. The van der Waals surface area contributed by atoms with Gasteiger partial charge in [0.05, 0.1) is 6.04 Å². The van der Waals surface area contributed by atoms with Gasteiger partial charge in [0.1, 0.15) is 11.6 Å². The molecular formula is C18H27N3O3. The number of ether oxygens (including phenoxy) is 1. The predicted octanol–water partition coefficient (Wildman–Crippen LogP) is 2.07. The van der Waals surface area contributed by atoms with E-state index in [2.05, 4.69) is 10.6 Å².